The van der Waals surface area contributed by atoms with Gasteiger partial charge in [-0.25, -0.2) is 4.39 Å². The number of hydrogen-bond acceptors (Lipinski definition) is 0. The summed E-state index contributed by atoms with van der Waals surface area (Å²) in [5.41, 5.74) is 2.03. The molecule has 0 saturated carbocycles. The van der Waals surface area contributed by atoms with E-state index in [1.165, 1.54) is 11.6 Å². The topological polar surface area (TPSA) is 0 Å². The van der Waals surface area contributed by atoms with Gasteiger partial charge in [0.05, 0.1) is 0 Å². The smallest absolute Gasteiger partial charge is 0.126 e. The zero-order valence-electron chi connectivity index (χ0n) is 10.8. The lowest BCUT2D eigenvalue weighted by Gasteiger charge is -2.15. The van der Waals surface area contributed by atoms with E-state index in [-0.39, 0.29) is 5.82 Å². The van der Waals surface area contributed by atoms with E-state index in [0.717, 1.165) is 32.7 Å². The third-order valence-corrected chi connectivity index (χ3v) is 5.05. The highest BCUT2D eigenvalue weighted by Gasteiger charge is 2.13. The zero-order valence-corrected chi connectivity index (χ0v) is 15.5. The van der Waals surface area contributed by atoms with Crippen molar-refractivity contribution in [1.82, 2.24) is 0 Å². The molecule has 0 fully saturated rings. The molecule has 0 N–H and O–H groups in total. The molecule has 4 heteroatoms. The molecule has 0 aliphatic rings. The number of halogens is 4. The van der Waals surface area contributed by atoms with Gasteiger partial charge in [-0.2, -0.15) is 0 Å². The summed E-state index contributed by atoms with van der Waals surface area (Å²) in [5, 5.41) is 0.853. The van der Waals surface area contributed by atoms with E-state index < -0.39 is 0 Å². The first-order chi connectivity index (χ1) is 9.58. The number of hydrogen-bond donors (Lipinski definition) is 0. The molecule has 106 valence electrons. The molecule has 0 nitrogen and oxygen atoms in total. The van der Waals surface area contributed by atoms with Crippen LogP contribution in [-0.4, -0.2) is 5.33 Å². The van der Waals surface area contributed by atoms with Crippen LogP contribution >= 0.6 is 47.8 Å². The van der Waals surface area contributed by atoms with Crippen molar-refractivity contribution in [2.45, 2.75) is 12.8 Å². The Morgan fingerprint density at radius 2 is 1.70 bits per heavy atom. The highest BCUT2D eigenvalue weighted by Crippen LogP contribution is 2.23. The Morgan fingerprint density at radius 3 is 2.40 bits per heavy atom. The van der Waals surface area contributed by atoms with Crippen LogP contribution in [0, 0.1) is 11.7 Å². The van der Waals surface area contributed by atoms with Gasteiger partial charge in [-0.05, 0) is 60.2 Å². The van der Waals surface area contributed by atoms with Crippen LogP contribution in [0.15, 0.2) is 51.4 Å². The molecule has 2 aromatic rings. The second kappa shape index (κ2) is 7.71. The normalized spacial score (nSPS) is 12.4. The van der Waals surface area contributed by atoms with Crippen molar-refractivity contribution in [3.63, 3.8) is 0 Å². The third kappa shape index (κ3) is 4.68. The van der Waals surface area contributed by atoms with E-state index in [1.807, 2.05) is 18.2 Å². The summed E-state index contributed by atoms with van der Waals surface area (Å²) in [6, 6.07) is 13.4. The van der Waals surface area contributed by atoms with Gasteiger partial charge in [0.1, 0.15) is 5.82 Å². The molecule has 0 amide bonds. The van der Waals surface area contributed by atoms with E-state index >= 15 is 0 Å². The van der Waals surface area contributed by atoms with Gasteiger partial charge in [0, 0.05) is 14.3 Å². The molecule has 20 heavy (non-hydrogen) atoms. The fourth-order valence-corrected chi connectivity index (χ4v) is 3.50. The Hall–Kier alpha value is -0.190. The van der Waals surface area contributed by atoms with Crippen LogP contribution < -0.4 is 0 Å². The minimum Gasteiger partial charge on any atom is -0.207 e. The summed E-state index contributed by atoms with van der Waals surface area (Å²) in [5.74, 6) is 0.237. The fourth-order valence-electron chi connectivity index (χ4n) is 2.19. The molecule has 0 aromatic heterocycles. The summed E-state index contributed by atoms with van der Waals surface area (Å²) in [6.07, 6.45) is 1.65. The first kappa shape index (κ1) is 16.2. The van der Waals surface area contributed by atoms with Crippen LogP contribution in [0.4, 0.5) is 4.39 Å². The molecule has 0 saturated heterocycles. The molecular weight excluding hydrogens is 451 g/mol. The minimum absolute atomic E-state index is 0.131. The van der Waals surface area contributed by atoms with Crippen LogP contribution in [0.1, 0.15) is 11.1 Å². The van der Waals surface area contributed by atoms with Crippen LogP contribution in [0.5, 0.6) is 0 Å². The van der Waals surface area contributed by atoms with Gasteiger partial charge in [0.25, 0.3) is 0 Å². The van der Waals surface area contributed by atoms with Gasteiger partial charge in [0.15, 0.2) is 0 Å². The van der Waals surface area contributed by atoms with Crippen molar-refractivity contribution in [1.29, 1.82) is 0 Å². The van der Waals surface area contributed by atoms with Gasteiger partial charge in [-0.1, -0.05) is 59.9 Å². The van der Waals surface area contributed by atoms with Crippen LogP contribution in [0.25, 0.3) is 0 Å². The largest absolute Gasteiger partial charge is 0.207 e. The summed E-state index contributed by atoms with van der Waals surface area (Å²) in [6.45, 7) is 0. The first-order valence-electron chi connectivity index (χ1n) is 6.33. The molecule has 0 aliphatic carbocycles. The lowest BCUT2D eigenvalue weighted by atomic mass is 9.94. The highest BCUT2D eigenvalue weighted by atomic mass is 79.9. The average molecular weight is 465 g/mol. The van der Waals surface area contributed by atoms with E-state index in [1.54, 1.807) is 6.07 Å². The molecule has 0 aliphatic heterocycles. The molecule has 2 aromatic carbocycles. The Labute approximate surface area is 144 Å². The maximum Gasteiger partial charge on any atom is 0.126 e. The average Bonchev–Trinajstić information content (AvgIpc) is 2.42. The Balaban J connectivity index is 2.11. The second-order valence-corrected chi connectivity index (χ2v) is 7.27. The minimum atomic E-state index is -0.131. The van der Waals surface area contributed by atoms with Crippen molar-refractivity contribution < 1.29 is 4.39 Å². The Morgan fingerprint density at radius 1 is 0.950 bits per heavy atom. The van der Waals surface area contributed by atoms with Gasteiger partial charge in [-0.15, -0.1) is 0 Å². The summed E-state index contributed by atoms with van der Waals surface area (Å²) >= 11 is 10.4. The van der Waals surface area contributed by atoms with E-state index in [2.05, 4.69) is 59.9 Å². The molecule has 0 bridgehead atoms. The summed E-state index contributed by atoms with van der Waals surface area (Å²) in [7, 11) is 0. The number of benzene rings is 2. The zero-order chi connectivity index (χ0) is 14.5. The van der Waals surface area contributed by atoms with Crippen molar-refractivity contribution in [3.05, 3.63) is 68.4 Å². The van der Waals surface area contributed by atoms with Crippen LogP contribution in [0.3, 0.4) is 0 Å². The van der Waals surface area contributed by atoms with Gasteiger partial charge in [-0.3, -0.25) is 0 Å². The molecule has 0 spiro atoms. The molecule has 0 heterocycles. The van der Waals surface area contributed by atoms with Gasteiger partial charge >= 0.3 is 0 Å². The van der Waals surface area contributed by atoms with E-state index in [9.17, 15) is 4.39 Å². The highest BCUT2D eigenvalue weighted by molar-refractivity contribution is 9.10. The van der Waals surface area contributed by atoms with Crippen LogP contribution in [0.2, 0.25) is 0 Å². The van der Waals surface area contributed by atoms with Crippen LogP contribution in [-0.2, 0) is 12.8 Å². The summed E-state index contributed by atoms with van der Waals surface area (Å²) in [4.78, 5) is 0. The van der Waals surface area contributed by atoms with Crippen molar-refractivity contribution in [2.24, 2.45) is 5.92 Å². The maximum atomic E-state index is 13.8. The lowest BCUT2D eigenvalue weighted by Crippen LogP contribution is -2.11. The van der Waals surface area contributed by atoms with Gasteiger partial charge in [0.2, 0.25) is 0 Å². The Bertz CT molecular complexity index is 584. The maximum absolute atomic E-state index is 13.8. The van der Waals surface area contributed by atoms with Gasteiger partial charge < -0.3 is 0 Å². The molecular formula is C16H14Br3F. The molecule has 1 atom stereocenters. The summed E-state index contributed by atoms with van der Waals surface area (Å²) < 4.78 is 15.8. The quantitative estimate of drug-likeness (QED) is 0.466. The second-order valence-electron chi connectivity index (χ2n) is 4.79. The van der Waals surface area contributed by atoms with Crippen molar-refractivity contribution in [3.8, 4) is 0 Å². The monoisotopic (exact) mass is 462 g/mol. The Kier molecular flexibility index (Phi) is 6.24. The van der Waals surface area contributed by atoms with Crippen molar-refractivity contribution >= 4 is 47.8 Å². The third-order valence-electron chi connectivity index (χ3n) is 3.15. The fraction of sp³-hybridized carbons (Fsp3) is 0.250. The lowest BCUT2D eigenvalue weighted by molar-refractivity contribution is 0.550. The standard InChI is InChI=1S/C16H14Br3F/c17-10-12(6-11-2-1-3-14(18)8-11)7-13-9-15(19)4-5-16(13)20/h1-5,8-9,12H,6-7,10H2. The molecule has 1 unspecified atom stereocenters. The predicted molar refractivity (Wildman–Crippen MR) is 92.9 cm³/mol. The van der Waals surface area contributed by atoms with E-state index in [0.29, 0.717) is 5.92 Å². The molecule has 0 radical (unpaired) electrons. The SMILES string of the molecule is Fc1ccc(Br)cc1CC(CBr)Cc1cccc(Br)c1. The predicted octanol–water partition coefficient (Wildman–Crippen LogP) is 6.15. The number of alkyl halides is 1. The van der Waals surface area contributed by atoms with E-state index in [4.69, 9.17) is 0 Å². The first-order valence-corrected chi connectivity index (χ1v) is 9.03. The number of rotatable bonds is 5. The molecule has 2 rings (SSSR count). The van der Waals surface area contributed by atoms with Crippen molar-refractivity contribution in [2.75, 3.05) is 5.33 Å².